The van der Waals surface area contributed by atoms with E-state index in [0.29, 0.717) is 0 Å². The van der Waals surface area contributed by atoms with Crippen LogP contribution in [0.15, 0.2) is 54.7 Å². The second kappa shape index (κ2) is 10.5. The van der Waals surface area contributed by atoms with Crippen molar-refractivity contribution >= 4 is 28.5 Å². The zero-order valence-corrected chi connectivity index (χ0v) is 17.3. The van der Waals surface area contributed by atoms with Gasteiger partial charge in [-0.25, -0.2) is 9.59 Å². The molecule has 2 heterocycles. The zero-order chi connectivity index (χ0) is 23.1. The van der Waals surface area contributed by atoms with Gasteiger partial charge < -0.3 is 15.2 Å². The number of rotatable bonds is 5. The quantitative estimate of drug-likeness (QED) is 0.312. The Morgan fingerprint density at radius 2 is 1.47 bits per heavy atom. The summed E-state index contributed by atoms with van der Waals surface area (Å²) in [5, 5.41) is 26.8. The standard InChI is InChI=1S/C20H22N4O2.C2H2O4/c25-24(26)18-7-5-16(6-8-18)14-22-9-11-23(12-10-22)15-17-13-21-20-4-2-1-3-19(17)20;3-1(4)2(5)6/h1-8,13,21H,9-12,14-15H2;(H,3,4)(H,5,6). The number of carboxylic acids is 2. The van der Waals surface area contributed by atoms with Crippen LogP contribution in [0.1, 0.15) is 11.1 Å². The Kier molecular flexibility index (Phi) is 7.53. The second-order valence-electron chi connectivity index (χ2n) is 7.45. The normalized spacial score (nSPS) is 14.5. The van der Waals surface area contributed by atoms with Crippen LogP contribution in [0.25, 0.3) is 10.9 Å². The highest BCUT2D eigenvalue weighted by atomic mass is 16.6. The highest BCUT2D eigenvalue weighted by molar-refractivity contribution is 6.27. The number of carbonyl (C=O) groups is 2. The molecule has 32 heavy (non-hydrogen) atoms. The summed E-state index contributed by atoms with van der Waals surface area (Å²) in [7, 11) is 0. The molecule has 0 saturated carbocycles. The first-order valence-corrected chi connectivity index (χ1v) is 10.0. The first-order valence-electron chi connectivity index (χ1n) is 10.0. The first kappa shape index (κ1) is 22.9. The van der Waals surface area contributed by atoms with E-state index in [1.54, 1.807) is 12.1 Å². The van der Waals surface area contributed by atoms with Crippen LogP contribution in [0.5, 0.6) is 0 Å². The average Bonchev–Trinajstić information content (AvgIpc) is 3.19. The molecule has 0 bridgehead atoms. The minimum Gasteiger partial charge on any atom is -0.473 e. The maximum Gasteiger partial charge on any atom is 0.414 e. The van der Waals surface area contributed by atoms with Gasteiger partial charge in [-0.05, 0) is 17.2 Å². The Hall–Kier alpha value is -3.76. The van der Waals surface area contributed by atoms with E-state index in [9.17, 15) is 10.1 Å². The molecule has 0 atom stereocenters. The molecule has 0 unspecified atom stereocenters. The Morgan fingerprint density at radius 1 is 0.906 bits per heavy atom. The van der Waals surface area contributed by atoms with E-state index in [4.69, 9.17) is 19.8 Å². The fraction of sp³-hybridized carbons (Fsp3) is 0.273. The molecule has 1 saturated heterocycles. The maximum atomic E-state index is 10.7. The molecular formula is C22H24N4O6. The van der Waals surface area contributed by atoms with Crippen molar-refractivity contribution in [2.45, 2.75) is 13.1 Å². The van der Waals surface area contributed by atoms with Gasteiger partial charge in [0.2, 0.25) is 0 Å². The van der Waals surface area contributed by atoms with Gasteiger partial charge in [-0.15, -0.1) is 0 Å². The number of carboxylic acid groups (broad SMARTS) is 2. The summed E-state index contributed by atoms with van der Waals surface area (Å²) in [6.45, 7) is 5.91. The van der Waals surface area contributed by atoms with E-state index >= 15 is 0 Å². The Labute approximate surface area is 183 Å². The number of fused-ring (bicyclic) bond motifs is 1. The lowest BCUT2D eigenvalue weighted by molar-refractivity contribution is -0.384. The number of nitrogens with one attached hydrogen (secondary N) is 1. The summed E-state index contributed by atoms with van der Waals surface area (Å²) in [6.07, 6.45) is 2.12. The van der Waals surface area contributed by atoms with Crippen molar-refractivity contribution < 1.29 is 24.7 Å². The van der Waals surface area contributed by atoms with Gasteiger partial charge >= 0.3 is 11.9 Å². The van der Waals surface area contributed by atoms with Crippen molar-refractivity contribution in [1.29, 1.82) is 0 Å². The largest absolute Gasteiger partial charge is 0.473 e. The molecule has 168 valence electrons. The Bertz CT molecular complexity index is 1080. The molecule has 1 fully saturated rings. The van der Waals surface area contributed by atoms with Crippen molar-refractivity contribution in [2.75, 3.05) is 26.2 Å². The molecule has 10 heteroatoms. The number of non-ortho nitro benzene ring substituents is 1. The third kappa shape index (κ3) is 6.13. The van der Waals surface area contributed by atoms with E-state index in [0.717, 1.165) is 44.8 Å². The number of nitrogens with zero attached hydrogens (tertiary/aromatic N) is 3. The van der Waals surface area contributed by atoms with Gasteiger partial charge in [0.25, 0.3) is 5.69 Å². The van der Waals surface area contributed by atoms with Gasteiger partial charge in [0.1, 0.15) is 0 Å². The summed E-state index contributed by atoms with van der Waals surface area (Å²) in [4.78, 5) is 36.8. The fourth-order valence-corrected chi connectivity index (χ4v) is 3.59. The molecule has 10 nitrogen and oxygen atoms in total. The molecule has 1 aliphatic rings. The summed E-state index contributed by atoms with van der Waals surface area (Å²) >= 11 is 0. The number of aromatic amines is 1. The van der Waals surface area contributed by atoms with Crippen LogP contribution in [0, 0.1) is 10.1 Å². The van der Waals surface area contributed by atoms with Gasteiger partial charge in [-0.2, -0.15) is 0 Å². The van der Waals surface area contributed by atoms with Crippen LogP contribution in [0.4, 0.5) is 5.69 Å². The highest BCUT2D eigenvalue weighted by Crippen LogP contribution is 2.20. The predicted octanol–water partition coefficient (Wildman–Crippen LogP) is 2.55. The lowest BCUT2D eigenvalue weighted by Gasteiger charge is -2.34. The van der Waals surface area contributed by atoms with E-state index < -0.39 is 11.9 Å². The number of nitro groups is 1. The minimum atomic E-state index is -1.82. The lowest BCUT2D eigenvalue weighted by Crippen LogP contribution is -2.45. The van der Waals surface area contributed by atoms with Crippen LogP contribution >= 0.6 is 0 Å². The van der Waals surface area contributed by atoms with Crippen molar-refractivity contribution in [3.8, 4) is 0 Å². The topological polar surface area (TPSA) is 140 Å². The van der Waals surface area contributed by atoms with E-state index in [2.05, 4.69) is 45.2 Å². The van der Waals surface area contributed by atoms with E-state index in [-0.39, 0.29) is 10.6 Å². The first-order chi connectivity index (χ1) is 15.3. The minimum absolute atomic E-state index is 0.150. The number of hydrogen-bond donors (Lipinski definition) is 3. The smallest absolute Gasteiger partial charge is 0.414 e. The van der Waals surface area contributed by atoms with Gasteiger partial charge in [-0.1, -0.05) is 30.3 Å². The molecule has 3 aromatic rings. The van der Waals surface area contributed by atoms with Crippen LogP contribution in [0.2, 0.25) is 0 Å². The molecule has 0 amide bonds. The lowest BCUT2D eigenvalue weighted by atomic mass is 10.1. The van der Waals surface area contributed by atoms with Crippen LogP contribution in [-0.4, -0.2) is 68.0 Å². The summed E-state index contributed by atoms with van der Waals surface area (Å²) in [5.41, 5.74) is 3.82. The molecule has 0 aliphatic carbocycles. The van der Waals surface area contributed by atoms with Crippen molar-refractivity contribution in [3.63, 3.8) is 0 Å². The molecule has 2 aromatic carbocycles. The number of H-pyrrole nitrogens is 1. The number of piperazine rings is 1. The molecule has 1 aromatic heterocycles. The van der Waals surface area contributed by atoms with Gasteiger partial charge in [-0.3, -0.25) is 19.9 Å². The molecular weight excluding hydrogens is 416 g/mol. The maximum absolute atomic E-state index is 10.7. The van der Waals surface area contributed by atoms with E-state index in [1.807, 2.05) is 12.1 Å². The molecule has 0 spiro atoms. The number of aliphatic carboxylic acids is 2. The fourth-order valence-electron chi connectivity index (χ4n) is 3.59. The van der Waals surface area contributed by atoms with Crippen LogP contribution in [0.3, 0.4) is 0 Å². The number of nitro benzene ring substituents is 1. The number of aromatic nitrogens is 1. The summed E-state index contributed by atoms with van der Waals surface area (Å²) in [6, 6.07) is 15.3. The highest BCUT2D eigenvalue weighted by Gasteiger charge is 2.18. The number of para-hydroxylation sites is 1. The predicted molar refractivity (Wildman–Crippen MR) is 117 cm³/mol. The third-order valence-corrected chi connectivity index (χ3v) is 5.27. The Morgan fingerprint density at radius 3 is 2.03 bits per heavy atom. The molecule has 3 N–H and O–H groups in total. The molecule has 1 aliphatic heterocycles. The van der Waals surface area contributed by atoms with Crippen LogP contribution < -0.4 is 0 Å². The molecule has 4 rings (SSSR count). The zero-order valence-electron chi connectivity index (χ0n) is 17.3. The Balaban J connectivity index is 0.000000427. The van der Waals surface area contributed by atoms with Crippen LogP contribution in [-0.2, 0) is 22.7 Å². The summed E-state index contributed by atoms with van der Waals surface area (Å²) in [5.74, 6) is -3.65. The van der Waals surface area contributed by atoms with E-state index in [1.165, 1.54) is 16.5 Å². The van der Waals surface area contributed by atoms with Crippen molar-refractivity contribution in [1.82, 2.24) is 14.8 Å². The molecule has 0 radical (unpaired) electrons. The number of benzene rings is 2. The van der Waals surface area contributed by atoms with Crippen molar-refractivity contribution in [2.24, 2.45) is 0 Å². The average molecular weight is 440 g/mol. The summed E-state index contributed by atoms with van der Waals surface area (Å²) < 4.78 is 0. The second-order valence-corrected chi connectivity index (χ2v) is 7.45. The van der Waals surface area contributed by atoms with Gasteiger partial charge in [0, 0.05) is 68.5 Å². The third-order valence-electron chi connectivity index (χ3n) is 5.27. The monoisotopic (exact) mass is 440 g/mol. The SMILES string of the molecule is O=C(O)C(=O)O.O=[N+]([O-])c1ccc(CN2CCN(Cc3c[nH]c4ccccc34)CC2)cc1. The van der Waals surface area contributed by atoms with Gasteiger partial charge in [0.05, 0.1) is 4.92 Å². The van der Waals surface area contributed by atoms with Crippen molar-refractivity contribution in [3.05, 3.63) is 76.0 Å². The number of hydrogen-bond acceptors (Lipinski definition) is 6. The van der Waals surface area contributed by atoms with Gasteiger partial charge in [0.15, 0.2) is 0 Å².